The molecule has 30 heavy (non-hydrogen) atoms. The van der Waals surface area contributed by atoms with Crippen molar-refractivity contribution in [2.24, 2.45) is 11.8 Å². The molecule has 1 heterocycles. The number of amides is 3. The van der Waals surface area contributed by atoms with E-state index in [1.807, 2.05) is 50.2 Å². The molecule has 0 radical (unpaired) electrons. The molecule has 3 rings (SSSR count). The lowest BCUT2D eigenvalue weighted by molar-refractivity contribution is -0.137. The first-order valence-electron chi connectivity index (χ1n) is 10.5. The SMILES string of the molecule is CC(C)[C@H](NC(=O)c1ccccc1)C(=O)N1CCC(C(=O)Nc2ccccc2)CC1. The van der Waals surface area contributed by atoms with E-state index >= 15 is 0 Å². The largest absolute Gasteiger partial charge is 0.341 e. The number of para-hydroxylation sites is 1. The molecule has 158 valence electrons. The van der Waals surface area contributed by atoms with E-state index in [1.54, 1.807) is 29.2 Å². The Morgan fingerprint density at radius 3 is 2.03 bits per heavy atom. The molecule has 1 fully saturated rings. The van der Waals surface area contributed by atoms with Gasteiger partial charge in [0.25, 0.3) is 5.91 Å². The Labute approximate surface area is 177 Å². The predicted octanol–water partition coefficient (Wildman–Crippen LogP) is 3.32. The van der Waals surface area contributed by atoms with Gasteiger partial charge >= 0.3 is 0 Å². The number of benzene rings is 2. The lowest BCUT2D eigenvalue weighted by Crippen LogP contribution is -2.53. The molecule has 1 atom stereocenters. The predicted molar refractivity (Wildman–Crippen MR) is 117 cm³/mol. The average molecular weight is 408 g/mol. The zero-order valence-electron chi connectivity index (χ0n) is 17.5. The maximum absolute atomic E-state index is 13.1. The molecule has 0 bridgehead atoms. The Morgan fingerprint density at radius 2 is 1.47 bits per heavy atom. The quantitative estimate of drug-likeness (QED) is 0.771. The van der Waals surface area contributed by atoms with Crippen LogP contribution in [0.15, 0.2) is 60.7 Å². The normalized spacial score (nSPS) is 15.5. The van der Waals surface area contributed by atoms with Crippen molar-refractivity contribution in [1.29, 1.82) is 0 Å². The topological polar surface area (TPSA) is 78.5 Å². The van der Waals surface area contributed by atoms with Crippen LogP contribution in [0.4, 0.5) is 5.69 Å². The Morgan fingerprint density at radius 1 is 0.900 bits per heavy atom. The summed E-state index contributed by atoms with van der Waals surface area (Å²) in [6.45, 7) is 4.87. The van der Waals surface area contributed by atoms with E-state index in [9.17, 15) is 14.4 Å². The van der Waals surface area contributed by atoms with Crippen LogP contribution in [0.5, 0.6) is 0 Å². The highest BCUT2D eigenvalue weighted by molar-refractivity contribution is 5.97. The number of nitrogens with one attached hydrogen (secondary N) is 2. The molecule has 1 aliphatic rings. The van der Waals surface area contributed by atoms with Gasteiger partial charge in [0.05, 0.1) is 0 Å². The number of likely N-dealkylation sites (tertiary alicyclic amines) is 1. The summed E-state index contributed by atoms with van der Waals surface area (Å²) in [6, 6.07) is 17.7. The van der Waals surface area contributed by atoms with Crippen LogP contribution in [0.25, 0.3) is 0 Å². The average Bonchev–Trinajstić information content (AvgIpc) is 2.78. The molecule has 1 saturated heterocycles. The van der Waals surface area contributed by atoms with Crippen molar-refractivity contribution in [2.45, 2.75) is 32.7 Å². The maximum atomic E-state index is 13.1. The first-order valence-corrected chi connectivity index (χ1v) is 10.5. The highest BCUT2D eigenvalue weighted by atomic mass is 16.2. The van der Waals surface area contributed by atoms with E-state index in [4.69, 9.17) is 0 Å². The number of hydrogen-bond acceptors (Lipinski definition) is 3. The third-order valence-electron chi connectivity index (χ3n) is 5.47. The van der Waals surface area contributed by atoms with Crippen LogP contribution >= 0.6 is 0 Å². The molecule has 0 saturated carbocycles. The van der Waals surface area contributed by atoms with Crippen LogP contribution in [0.2, 0.25) is 0 Å². The van der Waals surface area contributed by atoms with Crippen molar-refractivity contribution in [3.05, 3.63) is 66.2 Å². The second-order valence-corrected chi connectivity index (χ2v) is 8.02. The molecule has 3 amide bonds. The van der Waals surface area contributed by atoms with E-state index in [0.717, 1.165) is 5.69 Å². The van der Waals surface area contributed by atoms with Crippen LogP contribution in [-0.2, 0) is 9.59 Å². The smallest absolute Gasteiger partial charge is 0.251 e. The fraction of sp³-hybridized carbons (Fsp3) is 0.375. The summed E-state index contributed by atoms with van der Waals surface area (Å²) in [5, 5.41) is 5.83. The number of carbonyl (C=O) groups excluding carboxylic acids is 3. The van der Waals surface area contributed by atoms with Gasteiger partial charge in [-0.2, -0.15) is 0 Å². The van der Waals surface area contributed by atoms with Gasteiger partial charge in [0.2, 0.25) is 11.8 Å². The Kier molecular flexibility index (Phi) is 7.22. The number of hydrogen-bond donors (Lipinski definition) is 2. The second-order valence-electron chi connectivity index (χ2n) is 8.02. The van der Waals surface area contributed by atoms with Gasteiger partial charge in [0.1, 0.15) is 6.04 Å². The third kappa shape index (κ3) is 5.47. The van der Waals surface area contributed by atoms with Gasteiger partial charge in [-0.3, -0.25) is 14.4 Å². The summed E-state index contributed by atoms with van der Waals surface area (Å²) >= 11 is 0. The van der Waals surface area contributed by atoms with Crippen molar-refractivity contribution < 1.29 is 14.4 Å². The fourth-order valence-electron chi connectivity index (χ4n) is 3.65. The fourth-order valence-corrected chi connectivity index (χ4v) is 3.65. The minimum atomic E-state index is -0.590. The number of carbonyl (C=O) groups is 3. The molecule has 0 aliphatic carbocycles. The summed E-state index contributed by atoms with van der Waals surface area (Å²) in [6.07, 6.45) is 1.23. The van der Waals surface area contributed by atoms with E-state index in [1.165, 1.54) is 0 Å². The molecule has 0 spiro atoms. The zero-order chi connectivity index (χ0) is 21.5. The van der Waals surface area contributed by atoms with E-state index in [0.29, 0.717) is 31.5 Å². The first-order chi connectivity index (χ1) is 14.5. The number of anilines is 1. The van der Waals surface area contributed by atoms with Crippen molar-refractivity contribution >= 4 is 23.4 Å². The monoisotopic (exact) mass is 407 g/mol. The summed E-state index contributed by atoms with van der Waals surface area (Å²) in [7, 11) is 0. The molecule has 6 heteroatoms. The van der Waals surface area contributed by atoms with Gasteiger partial charge in [-0.1, -0.05) is 50.2 Å². The van der Waals surface area contributed by atoms with Crippen molar-refractivity contribution in [3.63, 3.8) is 0 Å². The number of rotatable bonds is 6. The van der Waals surface area contributed by atoms with E-state index in [2.05, 4.69) is 10.6 Å². The van der Waals surface area contributed by atoms with Gasteiger partial charge in [-0.25, -0.2) is 0 Å². The lowest BCUT2D eigenvalue weighted by atomic mass is 9.94. The van der Waals surface area contributed by atoms with Crippen LogP contribution in [0.1, 0.15) is 37.0 Å². The molecule has 0 unspecified atom stereocenters. The van der Waals surface area contributed by atoms with Gasteiger partial charge in [-0.05, 0) is 43.0 Å². The molecule has 2 N–H and O–H groups in total. The molecule has 0 aromatic heterocycles. The lowest BCUT2D eigenvalue weighted by Gasteiger charge is -2.35. The van der Waals surface area contributed by atoms with Crippen LogP contribution in [0.3, 0.4) is 0 Å². The van der Waals surface area contributed by atoms with Crippen LogP contribution in [0, 0.1) is 11.8 Å². The first kappa shape index (κ1) is 21.6. The highest BCUT2D eigenvalue weighted by Gasteiger charge is 2.33. The molecule has 6 nitrogen and oxygen atoms in total. The van der Waals surface area contributed by atoms with Gasteiger partial charge in [0.15, 0.2) is 0 Å². The number of nitrogens with zero attached hydrogens (tertiary/aromatic N) is 1. The summed E-state index contributed by atoms with van der Waals surface area (Å²) < 4.78 is 0. The van der Waals surface area contributed by atoms with Gasteiger partial charge in [0, 0.05) is 30.3 Å². The summed E-state index contributed by atoms with van der Waals surface area (Å²) in [5.74, 6) is -0.503. The minimum Gasteiger partial charge on any atom is -0.341 e. The summed E-state index contributed by atoms with van der Waals surface area (Å²) in [5.41, 5.74) is 1.32. The standard InChI is InChI=1S/C24H29N3O3/c1-17(2)21(26-23(29)18-9-5-3-6-10-18)24(30)27-15-13-19(14-16-27)22(28)25-20-11-7-4-8-12-20/h3-12,17,19,21H,13-16H2,1-2H3,(H,25,28)(H,26,29)/t21-/m0/s1. The zero-order valence-corrected chi connectivity index (χ0v) is 17.5. The Balaban J connectivity index is 1.55. The molecular formula is C24H29N3O3. The maximum Gasteiger partial charge on any atom is 0.251 e. The minimum absolute atomic E-state index is 0.00825. The van der Waals surface area contributed by atoms with Crippen molar-refractivity contribution in [3.8, 4) is 0 Å². The third-order valence-corrected chi connectivity index (χ3v) is 5.47. The Bertz CT molecular complexity index is 860. The van der Waals surface area contributed by atoms with E-state index < -0.39 is 6.04 Å². The van der Waals surface area contributed by atoms with Crippen LogP contribution in [-0.4, -0.2) is 41.8 Å². The summed E-state index contributed by atoms with van der Waals surface area (Å²) in [4.78, 5) is 39.9. The highest BCUT2D eigenvalue weighted by Crippen LogP contribution is 2.21. The number of piperidine rings is 1. The molecule has 1 aliphatic heterocycles. The second kappa shape index (κ2) is 10.1. The van der Waals surface area contributed by atoms with Crippen molar-refractivity contribution in [1.82, 2.24) is 10.2 Å². The van der Waals surface area contributed by atoms with E-state index in [-0.39, 0.29) is 29.6 Å². The molecule has 2 aromatic carbocycles. The van der Waals surface area contributed by atoms with Gasteiger partial charge in [-0.15, -0.1) is 0 Å². The molecule has 2 aromatic rings. The van der Waals surface area contributed by atoms with Crippen LogP contribution < -0.4 is 10.6 Å². The van der Waals surface area contributed by atoms with Crippen molar-refractivity contribution in [2.75, 3.05) is 18.4 Å². The van der Waals surface area contributed by atoms with Gasteiger partial charge < -0.3 is 15.5 Å². The molecular weight excluding hydrogens is 378 g/mol. The Hall–Kier alpha value is -3.15.